The predicted octanol–water partition coefficient (Wildman–Crippen LogP) is 3.87. The number of nitrogens with one attached hydrogen (secondary N) is 2. The molecule has 0 saturated heterocycles. The van der Waals surface area contributed by atoms with Crippen LogP contribution in [0, 0.1) is 0 Å². The Kier molecular flexibility index (Phi) is 6.73. The summed E-state index contributed by atoms with van der Waals surface area (Å²) in [6, 6.07) is 18.6. The summed E-state index contributed by atoms with van der Waals surface area (Å²) in [6.45, 7) is -0.602. The first-order chi connectivity index (χ1) is 21.7. The molecule has 2 N–H and O–H groups in total. The Labute approximate surface area is 242 Å². The van der Waals surface area contributed by atoms with E-state index in [0.717, 1.165) is 20.3 Å². The van der Waals surface area contributed by atoms with Gasteiger partial charge in [-0.05, 0) is 36.1 Å². The minimum Gasteiger partial charge on any atom is -0.489 e. The number of aromatic amines is 1. The molecule has 0 saturated carbocycles. The number of hydrogen-bond donors (Lipinski definition) is 2. The molecule has 0 aliphatic rings. The highest BCUT2D eigenvalue weighted by Crippen LogP contribution is 2.22. The third-order valence-corrected chi connectivity index (χ3v) is 6.41. The monoisotopic (exact) mass is 563 g/mol. The molecule has 3 heterocycles. The quantitative estimate of drug-likeness (QED) is 0.251. The summed E-state index contributed by atoms with van der Waals surface area (Å²) in [5.74, 6) is 0.845. The number of carbonyl (C=O) groups is 1. The number of nitrogens with zero attached hydrogens (tertiary/aromatic N) is 5. The molecular weight excluding hydrogens is 522 g/mol. The van der Waals surface area contributed by atoms with E-state index in [4.69, 9.17) is 10.2 Å². The van der Waals surface area contributed by atoms with Crippen LogP contribution < -0.4 is 21.3 Å². The highest BCUT2D eigenvalue weighted by atomic mass is 16.5. The lowest BCUT2D eigenvalue weighted by Gasteiger charge is -2.09. The van der Waals surface area contributed by atoms with Gasteiger partial charge < -0.3 is 15.0 Å². The van der Waals surface area contributed by atoms with Crippen molar-refractivity contribution in [2.24, 2.45) is 7.05 Å². The van der Waals surface area contributed by atoms with Gasteiger partial charge in [0.2, 0.25) is 5.91 Å². The molecule has 41 heavy (non-hydrogen) atoms. The molecule has 5 rings (SSSR count). The molecule has 0 spiro atoms. The van der Waals surface area contributed by atoms with E-state index in [9.17, 15) is 14.4 Å². The Bertz CT molecular complexity index is 1900. The van der Waals surface area contributed by atoms with Crippen LogP contribution in [-0.4, -0.2) is 34.8 Å². The molecule has 5 aromatic rings. The van der Waals surface area contributed by atoms with Gasteiger partial charge in [0.1, 0.15) is 23.6 Å². The van der Waals surface area contributed by atoms with Gasteiger partial charge in [-0.15, -0.1) is 0 Å². The molecule has 0 aliphatic carbocycles. The lowest BCUT2D eigenvalue weighted by atomic mass is 10.1. The second-order valence-corrected chi connectivity index (χ2v) is 9.35. The molecule has 1 amide bonds. The van der Waals surface area contributed by atoms with Gasteiger partial charge in [0.15, 0.2) is 17.3 Å². The van der Waals surface area contributed by atoms with Crippen molar-refractivity contribution in [1.82, 2.24) is 28.9 Å². The lowest BCUT2D eigenvalue weighted by molar-refractivity contribution is -0.115. The molecule has 11 heteroatoms. The first-order valence-corrected chi connectivity index (χ1v) is 12.9. The number of aryl methyl sites for hydroxylation is 2. The van der Waals surface area contributed by atoms with Gasteiger partial charge in [-0.3, -0.25) is 23.4 Å². The zero-order chi connectivity index (χ0) is 32.1. The summed E-state index contributed by atoms with van der Waals surface area (Å²) < 4.78 is 40.2. The van der Waals surface area contributed by atoms with Gasteiger partial charge in [-0.2, -0.15) is 5.10 Å². The molecule has 0 fully saturated rings. The van der Waals surface area contributed by atoms with E-state index in [1.807, 2.05) is 54.6 Å². The lowest BCUT2D eigenvalue weighted by Crippen LogP contribution is -2.40. The minimum atomic E-state index is -0.999. The SMILES string of the molecule is [3H]CC([3H])Cn1c(=O)c2[nH]c(-c3cc(NC(=O)Cc4ccc(OCc5ccccc5)cc4)nn3C)nc2n(CC([3H])C[3H])c1=O. The highest BCUT2D eigenvalue weighted by molar-refractivity contribution is 5.92. The van der Waals surface area contributed by atoms with Gasteiger partial charge in [0, 0.05) is 31.7 Å². The summed E-state index contributed by atoms with van der Waals surface area (Å²) in [6.07, 6.45) is -1.85. The smallest absolute Gasteiger partial charge is 0.332 e. The summed E-state index contributed by atoms with van der Waals surface area (Å²) in [5, 5.41) is 7.12. The summed E-state index contributed by atoms with van der Waals surface area (Å²) in [5.41, 5.74) is 0.796. The van der Waals surface area contributed by atoms with Crippen molar-refractivity contribution in [3.05, 3.63) is 92.6 Å². The second-order valence-electron chi connectivity index (χ2n) is 9.35. The van der Waals surface area contributed by atoms with E-state index < -0.39 is 24.0 Å². The molecule has 212 valence electrons. The maximum absolute atomic E-state index is 13.2. The zero-order valence-corrected chi connectivity index (χ0v) is 22.5. The van der Waals surface area contributed by atoms with E-state index >= 15 is 0 Å². The molecule has 11 nitrogen and oxygen atoms in total. The minimum absolute atomic E-state index is 0.0114. The maximum atomic E-state index is 13.2. The molecule has 0 aliphatic heterocycles. The van der Waals surface area contributed by atoms with E-state index in [1.165, 1.54) is 4.68 Å². The number of hydrogen-bond acceptors (Lipinski definition) is 6. The number of fused-ring (bicyclic) bond motifs is 1. The van der Waals surface area contributed by atoms with Crippen molar-refractivity contribution in [3.63, 3.8) is 0 Å². The average Bonchev–Trinajstić information content (AvgIpc) is 3.64. The number of aromatic nitrogens is 6. The van der Waals surface area contributed by atoms with Crippen LogP contribution in [0.2, 0.25) is 0 Å². The Morgan fingerprint density at radius 3 is 2.49 bits per heavy atom. The van der Waals surface area contributed by atoms with Crippen LogP contribution in [0.4, 0.5) is 5.82 Å². The van der Waals surface area contributed by atoms with Gasteiger partial charge in [0.25, 0.3) is 5.56 Å². The van der Waals surface area contributed by atoms with Crippen molar-refractivity contribution >= 4 is 22.9 Å². The van der Waals surface area contributed by atoms with Crippen LogP contribution in [0.1, 0.15) is 43.2 Å². The number of imidazole rings is 1. The van der Waals surface area contributed by atoms with E-state index in [2.05, 4.69) is 20.4 Å². The molecular formula is C30H33N7O4. The summed E-state index contributed by atoms with van der Waals surface area (Å²) in [4.78, 5) is 46.7. The first-order valence-electron chi connectivity index (χ1n) is 15.5. The van der Waals surface area contributed by atoms with E-state index in [-0.39, 0.29) is 62.0 Å². The number of anilines is 1. The fourth-order valence-corrected chi connectivity index (χ4v) is 4.44. The van der Waals surface area contributed by atoms with E-state index in [1.54, 1.807) is 13.1 Å². The normalized spacial score (nSPS) is 14.1. The van der Waals surface area contributed by atoms with Gasteiger partial charge in [0.05, 0.1) is 6.42 Å². The standard InChI is InChI=1S/C30H33N7O4/c1-4-15-36-28-26(29(39)37(16-5-2)30(36)40)32-27(33-28)23-18-24(34-35(23)3)31-25(38)17-20-11-13-22(14-12-20)41-19-21-9-7-6-8-10-21/h6-14,18H,4-5,15-17,19H2,1-3H3,(H,32,33)(H,31,34,38)/i1T,2T,4T,5T. The van der Waals surface area contributed by atoms with Crippen LogP contribution in [0.3, 0.4) is 0 Å². The van der Waals surface area contributed by atoms with Gasteiger partial charge >= 0.3 is 5.69 Å². The zero-order valence-electron chi connectivity index (χ0n) is 26.5. The van der Waals surface area contributed by atoms with Crippen molar-refractivity contribution in [3.8, 4) is 17.3 Å². The topological polar surface area (TPSA) is 129 Å². The van der Waals surface area contributed by atoms with Crippen LogP contribution in [0.15, 0.2) is 70.3 Å². The highest BCUT2D eigenvalue weighted by Gasteiger charge is 2.20. The number of ether oxygens (including phenoxy) is 1. The van der Waals surface area contributed by atoms with Crippen LogP contribution in [0.5, 0.6) is 5.75 Å². The second kappa shape index (κ2) is 12.1. The molecule has 3 aromatic heterocycles. The van der Waals surface area contributed by atoms with Crippen LogP contribution in [0.25, 0.3) is 22.7 Å². The number of H-pyrrole nitrogens is 1. The Balaban J connectivity index is 1.33. The van der Waals surface area contributed by atoms with Gasteiger partial charge in [-0.1, -0.05) is 56.3 Å². The summed E-state index contributed by atoms with van der Waals surface area (Å²) in [7, 11) is 1.64. The van der Waals surface area contributed by atoms with Crippen molar-refractivity contribution in [2.45, 2.75) is 52.7 Å². The largest absolute Gasteiger partial charge is 0.489 e. The fraction of sp³-hybridized carbons (Fsp3) is 0.300. The molecule has 2 atom stereocenters. The number of carbonyl (C=O) groups excluding carboxylic acids is 1. The molecule has 2 unspecified atom stereocenters. The molecule has 0 radical (unpaired) electrons. The Morgan fingerprint density at radius 2 is 1.76 bits per heavy atom. The van der Waals surface area contributed by atoms with Crippen LogP contribution in [-0.2, 0) is 38.0 Å². The third kappa shape index (κ3) is 5.98. The Hall–Kier alpha value is -4.93. The summed E-state index contributed by atoms with van der Waals surface area (Å²) >= 11 is 0. The van der Waals surface area contributed by atoms with Crippen LogP contribution >= 0.6 is 0 Å². The van der Waals surface area contributed by atoms with Crippen molar-refractivity contribution < 1.29 is 15.0 Å². The van der Waals surface area contributed by atoms with Crippen molar-refractivity contribution in [1.29, 1.82) is 0 Å². The number of amides is 1. The number of benzene rings is 2. The Morgan fingerprint density at radius 1 is 1.02 bits per heavy atom. The maximum Gasteiger partial charge on any atom is 0.332 e. The average molecular weight is 564 g/mol. The predicted molar refractivity (Wildman–Crippen MR) is 157 cm³/mol. The van der Waals surface area contributed by atoms with Crippen molar-refractivity contribution in [2.75, 3.05) is 5.32 Å². The van der Waals surface area contributed by atoms with Gasteiger partial charge in [-0.25, -0.2) is 9.78 Å². The number of rotatable bonds is 11. The first kappa shape index (κ1) is 22.8. The third-order valence-electron chi connectivity index (χ3n) is 6.41. The molecule has 2 aromatic carbocycles. The molecule has 0 bridgehead atoms. The van der Waals surface area contributed by atoms with E-state index in [0.29, 0.717) is 18.1 Å². The fourth-order valence-electron chi connectivity index (χ4n) is 4.44.